The van der Waals surface area contributed by atoms with Gasteiger partial charge in [0.05, 0.1) is 17.8 Å². The van der Waals surface area contributed by atoms with Crippen LogP contribution in [0.5, 0.6) is 5.75 Å². The van der Waals surface area contributed by atoms with Crippen molar-refractivity contribution in [2.45, 2.75) is 13.5 Å². The number of phenolic OH excluding ortho intramolecular Hbond substituents is 1. The van der Waals surface area contributed by atoms with Crippen LogP contribution in [0.15, 0.2) is 23.7 Å². The molecule has 1 amide bonds. The van der Waals surface area contributed by atoms with Gasteiger partial charge in [0.25, 0.3) is 0 Å². The number of benzene rings is 1. The zero-order valence-corrected chi connectivity index (χ0v) is 15.3. The molecular weight excluding hydrogens is 411 g/mol. The number of halogens is 1. The van der Waals surface area contributed by atoms with E-state index in [2.05, 4.69) is 10.3 Å². The minimum atomic E-state index is -5.14. The summed E-state index contributed by atoms with van der Waals surface area (Å²) in [6.07, 6.45) is 0. The summed E-state index contributed by atoms with van der Waals surface area (Å²) in [6.45, 7) is 1.12. The number of aliphatic hydroxyl groups excluding tert-OH is 1. The van der Waals surface area contributed by atoms with Crippen molar-refractivity contribution in [2.24, 2.45) is 0 Å². The van der Waals surface area contributed by atoms with Crippen molar-refractivity contribution < 1.29 is 26.9 Å². The van der Waals surface area contributed by atoms with Gasteiger partial charge in [0, 0.05) is 0 Å². The van der Waals surface area contributed by atoms with E-state index >= 15 is 0 Å². The molecule has 2 aromatic rings. The van der Waals surface area contributed by atoms with Crippen molar-refractivity contribution >= 4 is 53.1 Å². The van der Waals surface area contributed by atoms with E-state index in [1.807, 2.05) is 0 Å². The number of phenols is 1. The van der Waals surface area contributed by atoms with Gasteiger partial charge in [-0.25, -0.2) is 4.98 Å². The Labute approximate surface area is 143 Å². The van der Waals surface area contributed by atoms with Gasteiger partial charge >= 0.3 is 88.1 Å². The van der Waals surface area contributed by atoms with Crippen LogP contribution in [0.4, 0.5) is 5.69 Å². The number of para-hydroxylation sites is 1. The van der Waals surface area contributed by atoms with E-state index in [1.165, 1.54) is 36.5 Å². The molecule has 126 valence electrons. The van der Waals surface area contributed by atoms with Crippen LogP contribution in [0.25, 0.3) is 0 Å². The molecule has 0 saturated carbocycles. The maximum atomic E-state index is 11.1. The summed E-state index contributed by atoms with van der Waals surface area (Å²) >= 11 is 1.72. The first-order valence-electron chi connectivity index (χ1n) is 6.01. The Bertz CT molecular complexity index is 732. The molecule has 0 spiro atoms. The van der Waals surface area contributed by atoms with E-state index < -0.39 is 20.1 Å². The Morgan fingerprint density at radius 3 is 2.48 bits per heavy atom. The molecule has 1 heterocycles. The number of aromatic hydroxyl groups is 1. The van der Waals surface area contributed by atoms with Gasteiger partial charge in [0.15, 0.2) is 0 Å². The number of hydrogen-bond acceptors (Lipinski definition) is 6. The summed E-state index contributed by atoms with van der Waals surface area (Å²) in [5.41, 5.74) is 1.95. The summed E-state index contributed by atoms with van der Waals surface area (Å²) in [7, 11) is 0. The Balaban J connectivity index is 0.000000277. The monoisotopic (exact) mass is 424 g/mol. The fourth-order valence-electron chi connectivity index (χ4n) is 1.43. The molecule has 0 aliphatic heterocycles. The van der Waals surface area contributed by atoms with Gasteiger partial charge in [-0.3, -0.25) is 0 Å². The number of carbonyl (C=O) groups is 1. The molecule has 0 aliphatic rings. The van der Waals surface area contributed by atoms with Crippen molar-refractivity contribution in [3.8, 4) is 5.75 Å². The van der Waals surface area contributed by atoms with Crippen LogP contribution in [-0.2, 0) is 15.1 Å². The van der Waals surface area contributed by atoms with Crippen molar-refractivity contribution in [3.63, 3.8) is 0 Å². The fraction of sp³-hybridized carbons (Fsp3) is 0.167. The molecule has 1 aromatic heterocycles. The summed E-state index contributed by atoms with van der Waals surface area (Å²) in [6, 6.07) is 3.71. The average molecular weight is 425 g/mol. The van der Waals surface area contributed by atoms with Crippen molar-refractivity contribution in [2.75, 3.05) is 5.32 Å². The third-order valence-electron chi connectivity index (χ3n) is 2.38. The number of nitrogens with one attached hydrogen (secondary N) is 1. The second kappa shape index (κ2) is 8.49. The Morgan fingerprint density at radius 2 is 2.09 bits per heavy atom. The topological polar surface area (TPSA) is 140 Å². The zero-order valence-electron chi connectivity index (χ0n) is 11.8. The Morgan fingerprint density at radius 1 is 1.43 bits per heavy atom. The maximum absolute atomic E-state index is 11.1. The van der Waals surface area contributed by atoms with Crippen molar-refractivity contribution in [3.05, 3.63) is 33.7 Å². The molecule has 1 aromatic carbocycles. The fourth-order valence-corrected chi connectivity index (χ4v) is 3.74. The molecule has 0 radical (unpaired) electrons. The normalized spacial score (nSPS) is 10.7. The number of nitrogens with zero attached hydrogens (tertiary/aromatic N) is 1. The summed E-state index contributed by atoms with van der Waals surface area (Å²) in [5.74, 6) is -0.880. The number of thiazole rings is 1. The number of aliphatic hydroxyl groups is 1. The van der Waals surface area contributed by atoms with E-state index in [1.54, 1.807) is 5.51 Å². The number of hydrogen-bond donors (Lipinski definition) is 5. The molecule has 23 heavy (non-hydrogen) atoms. The summed E-state index contributed by atoms with van der Waals surface area (Å²) in [4.78, 5) is 14.5. The van der Waals surface area contributed by atoms with E-state index in [0.717, 1.165) is 0 Å². The van der Waals surface area contributed by atoms with Crippen molar-refractivity contribution in [1.82, 2.24) is 4.98 Å². The Hall–Kier alpha value is -1.35. The number of amides is 1. The number of aromatic nitrogens is 1. The molecule has 8 nitrogen and oxygen atoms in total. The van der Waals surface area contributed by atoms with E-state index in [-0.39, 0.29) is 22.4 Å². The van der Waals surface area contributed by atoms with Gasteiger partial charge in [0.2, 0.25) is 0 Å². The molecule has 11 heteroatoms. The molecule has 0 bridgehead atoms. The van der Waals surface area contributed by atoms with Crippen LogP contribution in [0.1, 0.15) is 12.6 Å². The average Bonchev–Trinajstić information content (AvgIpc) is 2.85. The van der Waals surface area contributed by atoms with Crippen LogP contribution in [0.2, 0.25) is 4.34 Å². The van der Waals surface area contributed by atoms with Crippen LogP contribution >= 0.6 is 22.9 Å². The maximum Gasteiger partial charge on any atom is 0.118 e. The molecule has 0 atom stereocenters. The first-order chi connectivity index (χ1) is 10.7. The minimum absolute atomic E-state index is 0.0671. The van der Waals surface area contributed by atoms with Crippen LogP contribution in [0.3, 0.4) is 0 Å². The smallest absolute Gasteiger partial charge is 0.118 e. The van der Waals surface area contributed by atoms with Crippen molar-refractivity contribution in [1.29, 1.82) is 0 Å². The van der Waals surface area contributed by atoms with Gasteiger partial charge in [0.1, 0.15) is 4.34 Å². The molecule has 0 unspecified atom stereocenters. The quantitative estimate of drug-likeness (QED) is 0.350. The minimum Gasteiger partial charge on any atom is -0.390 e. The summed E-state index contributed by atoms with van der Waals surface area (Å²) in [5, 5.41) is 20.0. The largest absolute Gasteiger partial charge is 0.390 e. The Kier molecular flexibility index (Phi) is 7.27. The molecular formula is C12H14AsClN2O6S. The van der Waals surface area contributed by atoms with Gasteiger partial charge in [-0.05, 0) is 0 Å². The van der Waals surface area contributed by atoms with Crippen LogP contribution in [0, 0.1) is 0 Å². The van der Waals surface area contributed by atoms with E-state index in [9.17, 15) is 13.6 Å². The summed E-state index contributed by atoms with van der Waals surface area (Å²) < 4.78 is 29.3. The van der Waals surface area contributed by atoms with Gasteiger partial charge < -0.3 is 5.11 Å². The van der Waals surface area contributed by atoms with Gasteiger partial charge in [-0.1, -0.05) is 11.6 Å². The molecule has 0 saturated heterocycles. The third kappa shape index (κ3) is 5.98. The second-order valence-electron chi connectivity index (χ2n) is 4.13. The number of carbonyl (C=O) groups excluding carboxylic acids is 1. The first-order valence-corrected chi connectivity index (χ1v) is 10.6. The SMILES string of the molecule is CC(=O)Nc1c(O)cccc1[As](=O)(O)O.OCc1ncsc1Cl. The number of anilines is 1. The third-order valence-corrected chi connectivity index (χ3v) is 5.61. The van der Waals surface area contributed by atoms with Gasteiger partial charge in [-0.15, -0.1) is 11.3 Å². The van der Waals surface area contributed by atoms with E-state index in [4.69, 9.17) is 24.9 Å². The predicted octanol–water partition coefficient (Wildman–Crippen LogP) is 0.200. The predicted molar refractivity (Wildman–Crippen MR) is 86.0 cm³/mol. The number of rotatable bonds is 3. The first kappa shape index (κ1) is 19.7. The molecule has 2 rings (SSSR count). The zero-order chi connectivity index (χ0) is 17.6. The van der Waals surface area contributed by atoms with Crippen LogP contribution < -0.4 is 9.67 Å². The molecule has 0 aliphatic carbocycles. The van der Waals surface area contributed by atoms with Crippen LogP contribution in [-0.4, -0.2) is 43.5 Å². The van der Waals surface area contributed by atoms with Gasteiger partial charge in [-0.2, -0.15) is 0 Å². The second-order valence-corrected chi connectivity index (χ2v) is 8.88. The van der Waals surface area contributed by atoms with E-state index in [0.29, 0.717) is 10.0 Å². The molecule has 5 N–H and O–H groups in total. The molecule has 0 fully saturated rings. The standard InChI is InChI=1S/C8H10AsNO5.C4H4ClNOS/c1-5(11)10-8-6(9(13,14)15)3-2-4-7(8)12;5-4-3(1-7)6-2-8-4/h2-4,12H,1H3,(H,10,11)(H2,13,14,15);2,7H,1H2.